The number of amides is 2. The zero-order valence-corrected chi connectivity index (χ0v) is 13.0. The number of aliphatic carboxylic acids is 1. The van der Waals surface area contributed by atoms with Gasteiger partial charge < -0.3 is 20.4 Å². The molecular weight excluding hydrogens is 296 g/mol. The van der Waals surface area contributed by atoms with E-state index in [1.54, 1.807) is 4.90 Å². The Morgan fingerprint density at radius 3 is 2.83 bits per heavy atom. The lowest BCUT2D eigenvalue weighted by Gasteiger charge is -2.23. The number of carbonyl (C=O) groups is 2. The number of aliphatic hydroxyl groups is 1. The van der Waals surface area contributed by atoms with Crippen molar-refractivity contribution in [2.75, 3.05) is 13.1 Å². The molecule has 0 unspecified atom stereocenters. The van der Waals surface area contributed by atoms with Crippen LogP contribution in [-0.2, 0) is 17.9 Å². The van der Waals surface area contributed by atoms with Gasteiger partial charge in [0.1, 0.15) is 0 Å². The van der Waals surface area contributed by atoms with E-state index in [2.05, 4.69) is 5.32 Å². The zero-order chi connectivity index (χ0) is 16.4. The first-order valence-corrected chi connectivity index (χ1v) is 8.00. The molecule has 1 aliphatic heterocycles. The fraction of sp³-hybridized carbons (Fsp3) is 0.529. The Morgan fingerprint density at radius 2 is 2.13 bits per heavy atom. The van der Waals surface area contributed by atoms with E-state index < -0.39 is 11.4 Å². The first kappa shape index (κ1) is 15.8. The summed E-state index contributed by atoms with van der Waals surface area (Å²) in [6.07, 6.45) is 2.48. The molecule has 0 spiro atoms. The van der Waals surface area contributed by atoms with Crippen molar-refractivity contribution in [3.63, 3.8) is 0 Å². The van der Waals surface area contributed by atoms with Crippen molar-refractivity contribution >= 4 is 12.0 Å². The van der Waals surface area contributed by atoms with Gasteiger partial charge >= 0.3 is 12.0 Å². The second kappa shape index (κ2) is 6.20. The van der Waals surface area contributed by atoms with Crippen LogP contribution in [0.4, 0.5) is 4.79 Å². The van der Waals surface area contributed by atoms with E-state index in [1.807, 2.05) is 24.3 Å². The Labute approximate surface area is 135 Å². The van der Waals surface area contributed by atoms with Gasteiger partial charge in [0.15, 0.2) is 0 Å². The van der Waals surface area contributed by atoms with Gasteiger partial charge in [0.05, 0.1) is 12.0 Å². The topological polar surface area (TPSA) is 89.9 Å². The number of rotatable bonds is 4. The Bertz CT molecular complexity index is 618. The molecule has 0 bridgehead atoms. The minimum atomic E-state index is -0.772. The van der Waals surface area contributed by atoms with Crippen molar-refractivity contribution in [3.05, 3.63) is 35.4 Å². The third kappa shape index (κ3) is 2.91. The predicted molar refractivity (Wildman–Crippen MR) is 83.6 cm³/mol. The Kier molecular flexibility index (Phi) is 4.26. The van der Waals surface area contributed by atoms with Gasteiger partial charge in [-0.3, -0.25) is 4.79 Å². The molecule has 1 saturated heterocycles. The summed E-state index contributed by atoms with van der Waals surface area (Å²) in [5, 5.41) is 21.5. The number of hydrogen-bond acceptors (Lipinski definition) is 3. The SMILES string of the molecule is O=C(NCc1cccc(CO)c1)N1C[C@@H]2CCC[C@@]2(C(=O)O)C1. The molecule has 1 aromatic rings. The lowest BCUT2D eigenvalue weighted by molar-refractivity contribution is -0.149. The molecule has 1 saturated carbocycles. The number of hydrogen-bond donors (Lipinski definition) is 3. The Balaban J connectivity index is 1.60. The van der Waals surface area contributed by atoms with Crippen LogP contribution in [0.3, 0.4) is 0 Å². The number of likely N-dealkylation sites (tertiary alicyclic amines) is 1. The summed E-state index contributed by atoms with van der Waals surface area (Å²) < 4.78 is 0. The van der Waals surface area contributed by atoms with Crippen LogP contribution >= 0.6 is 0 Å². The molecule has 2 fully saturated rings. The number of carbonyl (C=O) groups excluding carboxylic acids is 1. The van der Waals surface area contributed by atoms with E-state index in [9.17, 15) is 14.7 Å². The average Bonchev–Trinajstić information content (AvgIpc) is 3.11. The summed E-state index contributed by atoms with van der Waals surface area (Å²) in [5.41, 5.74) is 0.975. The third-order valence-corrected chi connectivity index (χ3v) is 5.20. The average molecular weight is 318 g/mol. The summed E-state index contributed by atoms with van der Waals surface area (Å²) in [5.74, 6) is -0.700. The number of carboxylic acid groups (broad SMARTS) is 1. The molecule has 2 atom stereocenters. The van der Waals surface area contributed by atoms with Gasteiger partial charge in [0, 0.05) is 19.6 Å². The van der Waals surface area contributed by atoms with E-state index in [0.29, 0.717) is 26.1 Å². The second-order valence-electron chi connectivity index (χ2n) is 6.57. The van der Waals surface area contributed by atoms with Gasteiger partial charge in [-0.25, -0.2) is 4.79 Å². The highest BCUT2D eigenvalue weighted by Crippen LogP contribution is 2.48. The van der Waals surface area contributed by atoms with E-state index in [1.165, 1.54) is 0 Å². The zero-order valence-electron chi connectivity index (χ0n) is 13.0. The van der Waals surface area contributed by atoms with Crippen LogP contribution in [0.2, 0.25) is 0 Å². The van der Waals surface area contributed by atoms with Crippen LogP contribution < -0.4 is 5.32 Å². The summed E-state index contributed by atoms with van der Waals surface area (Å²) in [7, 11) is 0. The molecule has 3 N–H and O–H groups in total. The monoisotopic (exact) mass is 318 g/mol. The normalized spacial score (nSPS) is 26.1. The van der Waals surface area contributed by atoms with Gasteiger partial charge in [-0.2, -0.15) is 0 Å². The number of urea groups is 1. The maximum Gasteiger partial charge on any atom is 0.317 e. The van der Waals surface area contributed by atoms with E-state index in [-0.39, 0.29) is 18.6 Å². The summed E-state index contributed by atoms with van der Waals surface area (Å²) in [6.45, 7) is 1.16. The first-order valence-electron chi connectivity index (χ1n) is 8.00. The van der Waals surface area contributed by atoms with Gasteiger partial charge in [0.2, 0.25) is 0 Å². The highest BCUT2D eigenvalue weighted by atomic mass is 16.4. The standard InChI is InChI=1S/C17H22N2O4/c20-10-13-4-1-3-12(7-13)8-18-16(23)19-9-14-5-2-6-17(14,11-19)15(21)22/h1,3-4,7,14,20H,2,5-6,8-11H2,(H,18,23)(H,21,22)/t14-,17+/m0/s1. The molecule has 6 heteroatoms. The Hall–Kier alpha value is -2.08. The molecule has 1 aliphatic carbocycles. The van der Waals surface area contributed by atoms with Crippen molar-refractivity contribution in [2.24, 2.45) is 11.3 Å². The molecule has 2 aliphatic rings. The van der Waals surface area contributed by atoms with Crippen molar-refractivity contribution in [2.45, 2.75) is 32.4 Å². The maximum absolute atomic E-state index is 12.3. The number of aliphatic hydroxyl groups excluding tert-OH is 1. The van der Waals surface area contributed by atoms with Crippen LogP contribution in [0, 0.1) is 11.3 Å². The second-order valence-corrected chi connectivity index (χ2v) is 6.57. The summed E-state index contributed by atoms with van der Waals surface area (Å²) >= 11 is 0. The van der Waals surface area contributed by atoms with Crippen LogP contribution in [0.1, 0.15) is 30.4 Å². The molecule has 2 amide bonds. The van der Waals surface area contributed by atoms with E-state index >= 15 is 0 Å². The molecule has 1 aromatic carbocycles. The van der Waals surface area contributed by atoms with Crippen LogP contribution in [0.15, 0.2) is 24.3 Å². The molecule has 3 rings (SSSR count). The van der Waals surface area contributed by atoms with Gasteiger partial charge in [-0.15, -0.1) is 0 Å². The van der Waals surface area contributed by atoms with Crippen LogP contribution in [0.25, 0.3) is 0 Å². The number of nitrogens with zero attached hydrogens (tertiary/aromatic N) is 1. The lowest BCUT2D eigenvalue weighted by atomic mass is 9.81. The van der Waals surface area contributed by atoms with Gasteiger partial charge in [0.25, 0.3) is 0 Å². The summed E-state index contributed by atoms with van der Waals surface area (Å²) in [6, 6.07) is 7.18. The number of carboxylic acids is 1. The van der Waals surface area contributed by atoms with Crippen LogP contribution in [0.5, 0.6) is 0 Å². The molecule has 0 radical (unpaired) electrons. The number of nitrogens with one attached hydrogen (secondary N) is 1. The van der Waals surface area contributed by atoms with Gasteiger partial charge in [-0.05, 0) is 29.9 Å². The van der Waals surface area contributed by atoms with Crippen molar-refractivity contribution in [1.29, 1.82) is 0 Å². The molecular formula is C17H22N2O4. The number of benzene rings is 1. The molecule has 0 aromatic heterocycles. The molecule has 6 nitrogen and oxygen atoms in total. The maximum atomic E-state index is 12.3. The molecule has 1 heterocycles. The minimum Gasteiger partial charge on any atom is -0.481 e. The lowest BCUT2D eigenvalue weighted by Crippen LogP contribution is -2.41. The quantitative estimate of drug-likeness (QED) is 0.786. The predicted octanol–water partition coefficient (Wildman–Crippen LogP) is 1.58. The number of fused-ring (bicyclic) bond motifs is 1. The van der Waals surface area contributed by atoms with Crippen molar-refractivity contribution in [3.8, 4) is 0 Å². The highest BCUT2D eigenvalue weighted by Gasteiger charge is 2.55. The van der Waals surface area contributed by atoms with Gasteiger partial charge in [-0.1, -0.05) is 30.7 Å². The van der Waals surface area contributed by atoms with Crippen molar-refractivity contribution < 1.29 is 19.8 Å². The van der Waals surface area contributed by atoms with E-state index in [4.69, 9.17) is 5.11 Å². The van der Waals surface area contributed by atoms with Crippen LogP contribution in [-0.4, -0.2) is 40.2 Å². The minimum absolute atomic E-state index is 0.0310. The molecule has 23 heavy (non-hydrogen) atoms. The first-order chi connectivity index (χ1) is 11.0. The smallest absolute Gasteiger partial charge is 0.317 e. The summed E-state index contributed by atoms with van der Waals surface area (Å²) in [4.78, 5) is 25.6. The Morgan fingerprint density at radius 1 is 1.35 bits per heavy atom. The highest BCUT2D eigenvalue weighted by molar-refractivity contribution is 5.80. The fourth-order valence-corrected chi connectivity index (χ4v) is 3.92. The largest absolute Gasteiger partial charge is 0.481 e. The van der Waals surface area contributed by atoms with E-state index in [0.717, 1.165) is 24.0 Å². The molecule has 124 valence electrons. The fourth-order valence-electron chi connectivity index (χ4n) is 3.92. The van der Waals surface area contributed by atoms with Crippen molar-refractivity contribution in [1.82, 2.24) is 10.2 Å². The third-order valence-electron chi connectivity index (χ3n) is 5.20.